The van der Waals surface area contributed by atoms with Crippen LogP contribution in [0.1, 0.15) is 15.9 Å². The summed E-state index contributed by atoms with van der Waals surface area (Å²) in [5.74, 6) is -2.24. The number of fused-ring (bicyclic) bond motifs is 1. The summed E-state index contributed by atoms with van der Waals surface area (Å²) in [5.41, 5.74) is 9.61. The molecule has 2 aromatic carbocycles. The second kappa shape index (κ2) is 7.17. The van der Waals surface area contributed by atoms with Crippen LogP contribution in [0.15, 0.2) is 54.7 Å². The zero-order valence-electron chi connectivity index (χ0n) is 14.4. The van der Waals surface area contributed by atoms with Crippen molar-refractivity contribution in [2.75, 3.05) is 5.32 Å². The zero-order chi connectivity index (χ0) is 19.6. The van der Waals surface area contributed by atoms with E-state index in [1.54, 1.807) is 24.4 Å². The molecule has 0 aliphatic carbocycles. The Balaban J connectivity index is 2.04. The fraction of sp³-hybridized carbons (Fsp3) is 0.0500. The summed E-state index contributed by atoms with van der Waals surface area (Å²) < 4.78 is 0. The van der Waals surface area contributed by atoms with Crippen LogP contribution >= 0.6 is 0 Å². The topological polar surface area (TPSA) is 125 Å². The van der Waals surface area contributed by atoms with Gasteiger partial charge in [0, 0.05) is 29.4 Å². The summed E-state index contributed by atoms with van der Waals surface area (Å²) in [5, 5.41) is 12.1. The molecule has 3 aromatic rings. The Morgan fingerprint density at radius 1 is 1.07 bits per heavy atom. The third-order valence-electron chi connectivity index (χ3n) is 4.25. The van der Waals surface area contributed by atoms with Crippen LogP contribution in [-0.2, 0) is 9.59 Å². The second-order valence-electron chi connectivity index (χ2n) is 5.93. The summed E-state index contributed by atoms with van der Waals surface area (Å²) in [4.78, 5) is 37.1. The maximum absolute atomic E-state index is 11.9. The number of aromatic nitrogens is 1. The largest absolute Gasteiger partial charge is 0.478 e. The summed E-state index contributed by atoms with van der Waals surface area (Å²) in [6.07, 6.45) is 3.47. The van der Waals surface area contributed by atoms with Crippen molar-refractivity contribution in [3.8, 4) is 11.1 Å². The molecule has 0 spiro atoms. The van der Waals surface area contributed by atoms with E-state index in [9.17, 15) is 14.4 Å². The standard InChI is InChI=1S/C20H17N3O4/c1-11-12(3-2-4-16(11)23-17(24)7-8-18(25)26)13-5-6-15(20(21)27)19-14(13)9-10-22-19/h2-10,22H,1H3,(H2,21,27)(H,23,24)(H,25,26)/b8-7+. The number of benzene rings is 2. The molecule has 1 aromatic heterocycles. The summed E-state index contributed by atoms with van der Waals surface area (Å²) in [6.45, 7) is 1.85. The normalized spacial score (nSPS) is 11.0. The molecule has 1 heterocycles. The number of aliphatic carboxylic acids is 1. The number of carboxylic acid groups (broad SMARTS) is 1. The molecule has 0 bridgehead atoms. The molecular formula is C20H17N3O4. The first-order chi connectivity index (χ1) is 12.9. The van der Waals surface area contributed by atoms with Crippen LogP contribution in [0.2, 0.25) is 0 Å². The Bertz CT molecular complexity index is 1100. The third kappa shape index (κ3) is 3.57. The fourth-order valence-corrected chi connectivity index (χ4v) is 2.98. The number of carbonyl (C=O) groups is 3. The SMILES string of the molecule is Cc1c(NC(=O)/C=C/C(=O)O)cccc1-c1ccc(C(N)=O)c2[nH]ccc12. The Hall–Kier alpha value is -3.87. The zero-order valence-corrected chi connectivity index (χ0v) is 14.4. The van der Waals surface area contributed by atoms with E-state index >= 15 is 0 Å². The van der Waals surface area contributed by atoms with E-state index < -0.39 is 17.8 Å². The average molecular weight is 363 g/mol. The van der Waals surface area contributed by atoms with Crippen molar-refractivity contribution in [1.29, 1.82) is 0 Å². The minimum Gasteiger partial charge on any atom is -0.478 e. The predicted molar refractivity (Wildman–Crippen MR) is 102 cm³/mol. The van der Waals surface area contributed by atoms with E-state index in [0.717, 1.165) is 34.2 Å². The number of amides is 2. The van der Waals surface area contributed by atoms with Gasteiger partial charge in [0.1, 0.15) is 0 Å². The molecule has 136 valence electrons. The summed E-state index contributed by atoms with van der Waals surface area (Å²) in [7, 11) is 0. The van der Waals surface area contributed by atoms with Gasteiger partial charge in [-0.15, -0.1) is 0 Å². The lowest BCUT2D eigenvalue weighted by Crippen LogP contribution is -2.11. The van der Waals surface area contributed by atoms with Crippen molar-refractivity contribution in [3.63, 3.8) is 0 Å². The molecule has 0 aliphatic rings. The van der Waals surface area contributed by atoms with E-state index in [1.807, 2.05) is 25.1 Å². The van der Waals surface area contributed by atoms with Gasteiger partial charge in [0.2, 0.25) is 5.91 Å². The molecule has 2 amide bonds. The number of nitrogens with one attached hydrogen (secondary N) is 2. The van der Waals surface area contributed by atoms with E-state index in [4.69, 9.17) is 10.8 Å². The number of H-pyrrole nitrogens is 1. The number of carboxylic acids is 1. The summed E-state index contributed by atoms with van der Waals surface area (Å²) in [6, 6.07) is 10.8. The number of carbonyl (C=O) groups excluding carboxylic acids is 2. The molecular weight excluding hydrogens is 346 g/mol. The van der Waals surface area contributed by atoms with Gasteiger partial charge >= 0.3 is 5.97 Å². The smallest absolute Gasteiger partial charge is 0.328 e. The lowest BCUT2D eigenvalue weighted by Gasteiger charge is -2.13. The molecule has 7 heteroatoms. The van der Waals surface area contributed by atoms with E-state index in [-0.39, 0.29) is 0 Å². The van der Waals surface area contributed by atoms with Crippen molar-refractivity contribution in [1.82, 2.24) is 4.98 Å². The van der Waals surface area contributed by atoms with Crippen LogP contribution in [0.25, 0.3) is 22.0 Å². The van der Waals surface area contributed by atoms with Gasteiger partial charge < -0.3 is 21.1 Å². The van der Waals surface area contributed by atoms with Crippen molar-refractivity contribution < 1.29 is 19.5 Å². The molecule has 0 saturated heterocycles. The van der Waals surface area contributed by atoms with E-state index in [1.165, 1.54) is 0 Å². The maximum Gasteiger partial charge on any atom is 0.328 e. The van der Waals surface area contributed by atoms with Gasteiger partial charge in [0.15, 0.2) is 0 Å². The van der Waals surface area contributed by atoms with Crippen molar-refractivity contribution in [2.45, 2.75) is 6.92 Å². The Labute approximate surface area is 154 Å². The molecule has 27 heavy (non-hydrogen) atoms. The molecule has 0 aliphatic heterocycles. The highest BCUT2D eigenvalue weighted by Crippen LogP contribution is 2.34. The first-order valence-electron chi connectivity index (χ1n) is 8.10. The number of anilines is 1. The number of hydrogen-bond donors (Lipinski definition) is 4. The van der Waals surface area contributed by atoms with Crippen LogP contribution in [0, 0.1) is 6.92 Å². The van der Waals surface area contributed by atoms with Gasteiger partial charge in [-0.3, -0.25) is 9.59 Å². The maximum atomic E-state index is 11.9. The minimum atomic E-state index is -1.19. The Morgan fingerprint density at radius 2 is 1.85 bits per heavy atom. The number of aromatic amines is 1. The molecule has 0 atom stereocenters. The minimum absolute atomic E-state index is 0.402. The summed E-state index contributed by atoms with van der Waals surface area (Å²) >= 11 is 0. The van der Waals surface area contributed by atoms with Gasteiger partial charge in [-0.2, -0.15) is 0 Å². The van der Waals surface area contributed by atoms with Crippen LogP contribution in [-0.4, -0.2) is 27.9 Å². The monoisotopic (exact) mass is 363 g/mol. The highest BCUT2D eigenvalue weighted by atomic mass is 16.4. The van der Waals surface area contributed by atoms with Crippen LogP contribution in [0.5, 0.6) is 0 Å². The first kappa shape index (κ1) is 17.9. The first-order valence-corrected chi connectivity index (χ1v) is 8.10. The van der Waals surface area contributed by atoms with E-state index in [2.05, 4.69) is 10.3 Å². The highest BCUT2D eigenvalue weighted by Gasteiger charge is 2.15. The van der Waals surface area contributed by atoms with Gasteiger partial charge in [-0.1, -0.05) is 18.2 Å². The molecule has 3 rings (SSSR count). The number of hydrogen-bond acceptors (Lipinski definition) is 3. The average Bonchev–Trinajstić information content (AvgIpc) is 3.10. The highest BCUT2D eigenvalue weighted by molar-refractivity contribution is 6.10. The molecule has 5 N–H and O–H groups in total. The number of primary amides is 1. The number of rotatable bonds is 5. The van der Waals surface area contributed by atoms with Crippen LogP contribution < -0.4 is 11.1 Å². The number of nitrogens with two attached hydrogens (primary N) is 1. The van der Waals surface area contributed by atoms with Gasteiger partial charge in [0.05, 0.1) is 11.1 Å². The lowest BCUT2D eigenvalue weighted by molar-refractivity contribution is -0.131. The van der Waals surface area contributed by atoms with Gasteiger partial charge in [0.25, 0.3) is 5.91 Å². The van der Waals surface area contributed by atoms with Gasteiger partial charge in [-0.05, 0) is 41.8 Å². The van der Waals surface area contributed by atoms with Gasteiger partial charge in [-0.25, -0.2) is 4.79 Å². The molecule has 0 saturated carbocycles. The Morgan fingerprint density at radius 3 is 2.56 bits per heavy atom. The van der Waals surface area contributed by atoms with Crippen LogP contribution in [0.3, 0.4) is 0 Å². The van der Waals surface area contributed by atoms with Crippen LogP contribution in [0.4, 0.5) is 5.69 Å². The predicted octanol–water partition coefficient (Wildman–Crippen LogP) is 2.82. The quantitative estimate of drug-likeness (QED) is 0.520. The van der Waals surface area contributed by atoms with Crippen molar-refractivity contribution >= 4 is 34.4 Å². The second-order valence-corrected chi connectivity index (χ2v) is 5.93. The third-order valence-corrected chi connectivity index (χ3v) is 4.25. The Kier molecular flexibility index (Phi) is 4.76. The lowest BCUT2D eigenvalue weighted by atomic mass is 9.94. The molecule has 0 radical (unpaired) electrons. The molecule has 0 unspecified atom stereocenters. The molecule has 0 fully saturated rings. The fourth-order valence-electron chi connectivity index (χ4n) is 2.98. The van der Waals surface area contributed by atoms with E-state index in [0.29, 0.717) is 16.8 Å². The van der Waals surface area contributed by atoms with Crippen molar-refractivity contribution in [3.05, 3.63) is 65.9 Å². The van der Waals surface area contributed by atoms with Crippen molar-refractivity contribution in [2.24, 2.45) is 5.73 Å². The molecule has 7 nitrogen and oxygen atoms in total.